The summed E-state index contributed by atoms with van der Waals surface area (Å²) in [5, 5.41) is 9.91. The van der Waals surface area contributed by atoms with Crippen molar-refractivity contribution in [3.05, 3.63) is 53.5 Å². The summed E-state index contributed by atoms with van der Waals surface area (Å²) in [5.41, 5.74) is 3.38. The van der Waals surface area contributed by atoms with Crippen LogP contribution in [0.1, 0.15) is 31.0 Å². The van der Waals surface area contributed by atoms with Crippen LogP contribution >= 0.6 is 0 Å². The third-order valence-electron chi connectivity index (χ3n) is 4.42. The lowest BCUT2D eigenvalue weighted by molar-refractivity contribution is 0.607. The maximum Gasteiger partial charge on any atom is 0.229 e. The van der Waals surface area contributed by atoms with Gasteiger partial charge in [0.1, 0.15) is 5.82 Å². The molecule has 0 aliphatic heterocycles. The third kappa shape index (κ3) is 3.67. The van der Waals surface area contributed by atoms with Gasteiger partial charge in [0.05, 0.1) is 29.1 Å². The lowest BCUT2D eigenvalue weighted by Gasteiger charge is -2.10. The largest absolute Gasteiger partial charge is 0.344 e. The highest BCUT2D eigenvalue weighted by atomic mass is 32.2. The van der Waals surface area contributed by atoms with E-state index in [2.05, 4.69) is 4.72 Å². The summed E-state index contributed by atoms with van der Waals surface area (Å²) in [6, 6.07) is 10.2. The average molecular weight is 385 g/mol. The number of fused-ring (bicyclic) bond motifs is 1. The zero-order valence-corrected chi connectivity index (χ0v) is 16.4. The van der Waals surface area contributed by atoms with E-state index in [1.807, 2.05) is 30.7 Å². The number of halogens is 1. The maximum absolute atomic E-state index is 14.7. The Morgan fingerprint density at radius 3 is 2.48 bits per heavy atom. The fourth-order valence-corrected chi connectivity index (χ4v) is 3.73. The van der Waals surface area contributed by atoms with Crippen LogP contribution in [0.4, 0.5) is 10.1 Å². The lowest BCUT2D eigenvalue weighted by atomic mass is 9.99. The number of benzene rings is 2. The smallest absolute Gasteiger partial charge is 0.229 e. The molecular weight excluding hydrogens is 365 g/mol. The molecule has 0 saturated carbocycles. The van der Waals surface area contributed by atoms with E-state index in [0.717, 1.165) is 17.2 Å². The molecule has 0 bridgehead atoms. The first-order valence-corrected chi connectivity index (χ1v) is 10.3. The zero-order valence-electron chi connectivity index (χ0n) is 15.5. The van der Waals surface area contributed by atoms with Gasteiger partial charge < -0.3 is 4.57 Å². The van der Waals surface area contributed by atoms with Crippen molar-refractivity contribution in [2.24, 2.45) is 0 Å². The van der Waals surface area contributed by atoms with E-state index in [4.69, 9.17) is 5.26 Å². The minimum Gasteiger partial charge on any atom is -0.344 e. The second-order valence-corrected chi connectivity index (χ2v) is 8.66. The standard InChI is InChI=1S/C20H20FN3O2S/c1-12(2)24-11-18(17-7-13(3)14(10-22)8-19(17)21)16-6-5-15(9-20(16)24)23-27(4,25)26/h5-9,11-12,23H,1-4H3. The molecular formula is C20H20FN3O2S. The zero-order chi connectivity index (χ0) is 19.9. The van der Waals surface area contributed by atoms with Crippen molar-refractivity contribution in [1.29, 1.82) is 5.26 Å². The molecule has 1 heterocycles. The number of nitrogens with zero attached hydrogens (tertiary/aromatic N) is 2. The number of rotatable bonds is 4. The summed E-state index contributed by atoms with van der Waals surface area (Å²) in [5.74, 6) is -0.460. The van der Waals surface area contributed by atoms with E-state index >= 15 is 0 Å². The van der Waals surface area contributed by atoms with Gasteiger partial charge in [0.2, 0.25) is 10.0 Å². The number of nitriles is 1. The van der Waals surface area contributed by atoms with Gasteiger partial charge >= 0.3 is 0 Å². The highest BCUT2D eigenvalue weighted by molar-refractivity contribution is 7.92. The SMILES string of the molecule is Cc1cc(-c2cn(C(C)C)c3cc(NS(C)(=O)=O)ccc23)c(F)cc1C#N. The van der Waals surface area contributed by atoms with Crippen LogP contribution in [0.5, 0.6) is 0 Å². The Morgan fingerprint density at radius 2 is 1.89 bits per heavy atom. The fraction of sp³-hybridized carbons (Fsp3) is 0.250. The van der Waals surface area contributed by atoms with Gasteiger partial charge in [0.15, 0.2) is 0 Å². The van der Waals surface area contributed by atoms with E-state index < -0.39 is 15.8 Å². The number of hydrogen-bond acceptors (Lipinski definition) is 3. The molecule has 1 aromatic heterocycles. The summed E-state index contributed by atoms with van der Waals surface area (Å²) in [4.78, 5) is 0. The first-order chi connectivity index (χ1) is 12.6. The van der Waals surface area contributed by atoms with Crippen molar-refractivity contribution >= 4 is 26.6 Å². The van der Waals surface area contributed by atoms with Crippen molar-refractivity contribution in [3.8, 4) is 17.2 Å². The van der Waals surface area contributed by atoms with Gasteiger partial charge in [-0.3, -0.25) is 4.72 Å². The molecule has 0 radical (unpaired) electrons. The van der Waals surface area contributed by atoms with E-state index in [0.29, 0.717) is 27.9 Å². The van der Waals surface area contributed by atoms with Crippen LogP contribution in [-0.4, -0.2) is 19.2 Å². The molecule has 0 unspecified atom stereocenters. The Balaban J connectivity index is 2.27. The van der Waals surface area contributed by atoms with Gasteiger partial charge in [-0.25, -0.2) is 12.8 Å². The number of hydrogen-bond donors (Lipinski definition) is 1. The minimum atomic E-state index is -3.39. The molecule has 0 fully saturated rings. The molecule has 2 aromatic carbocycles. The van der Waals surface area contributed by atoms with Gasteiger partial charge in [-0.1, -0.05) is 6.07 Å². The molecule has 3 aromatic rings. The van der Waals surface area contributed by atoms with Crippen LogP contribution in [0.2, 0.25) is 0 Å². The van der Waals surface area contributed by atoms with Crippen molar-refractivity contribution in [3.63, 3.8) is 0 Å². The molecule has 7 heteroatoms. The monoisotopic (exact) mass is 385 g/mol. The van der Waals surface area contributed by atoms with Gasteiger partial charge in [0, 0.05) is 28.8 Å². The number of nitrogens with one attached hydrogen (secondary N) is 1. The molecule has 3 rings (SSSR count). The lowest BCUT2D eigenvalue weighted by Crippen LogP contribution is -2.09. The normalized spacial score (nSPS) is 11.7. The molecule has 0 amide bonds. The van der Waals surface area contributed by atoms with Crippen LogP contribution < -0.4 is 4.72 Å². The summed E-state index contributed by atoms with van der Waals surface area (Å²) in [7, 11) is -3.39. The van der Waals surface area contributed by atoms with Crippen molar-refractivity contribution in [2.45, 2.75) is 26.8 Å². The van der Waals surface area contributed by atoms with Crippen LogP contribution in [0.3, 0.4) is 0 Å². The van der Waals surface area contributed by atoms with Crippen LogP contribution in [0, 0.1) is 24.1 Å². The molecule has 1 N–H and O–H groups in total. The van der Waals surface area contributed by atoms with Gasteiger partial charge in [-0.15, -0.1) is 0 Å². The second-order valence-electron chi connectivity index (χ2n) is 6.91. The van der Waals surface area contributed by atoms with Crippen LogP contribution in [0.25, 0.3) is 22.0 Å². The molecule has 0 aliphatic carbocycles. The summed E-state index contributed by atoms with van der Waals surface area (Å²) >= 11 is 0. The van der Waals surface area contributed by atoms with E-state index in [1.54, 1.807) is 31.2 Å². The number of aromatic nitrogens is 1. The van der Waals surface area contributed by atoms with E-state index in [9.17, 15) is 12.8 Å². The van der Waals surface area contributed by atoms with Crippen LogP contribution in [-0.2, 0) is 10.0 Å². The van der Waals surface area contributed by atoms with Crippen LogP contribution in [0.15, 0.2) is 36.5 Å². The van der Waals surface area contributed by atoms with E-state index in [1.165, 1.54) is 6.07 Å². The first kappa shape index (κ1) is 18.9. The Kier molecular flexibility index (Phi) is 4.70. The first-order valence-electron chi connectivity index (χ1n) is 8.43. The van der Waals surface area contributed by atoms with Crippen molar-refractivity contribution < 1.29 is 12.8 Å². The van der Waals surface area contributed by atoms with Gasteiger partial charge in [0.25, 0.3) is 0 Å². The molecule has 5 nitrogen and oxygen atoms in total. The molecule has 0 atom stereocenters. The highest BCUT2D eigenvalue weighted by Gasteiger charge is 2.17. The number of aryl methyl sites for hydroxylation is 1. The average Bonchev–Trinajstić information content (AvgIpc) is 2.94. The summed E-state index contributed by atoms with van der Waals surface area (Å²) in [6.45, 7) is 5.78. The molecule has 0 spiro atoms. The predicted molar refractivity (Wildman–Crippen MR) is 106 cm³/mol. The Labute approximate surface area is 158 Å². The Morgan fingerprint density at radius 1 is 1.19 bits per heavy atom. The number of anilines is 1. The summed E-state index contributed by atoms with van der Waals surface area (Å²) in [6.07, 6.45) is 2.96. The molecule has 0 saturated heterocycles. The quantitative estimate of drug-likeness (QED) is 0.714. The topological polar surface area (TPSA) is 74.9 Å². The highest BCUT2D eigenvalue weighted by Crippen LogP contribution is 2.36. The Bertz CT molecular complexity index is 1190. The third-order valence-corrected chi connectivity index (χ3v) is 5.03. The predicted octanol–water partition coefficient (Wildman–Crippen LogP) is 4.58. The van der Waals surface area contributed by atoms with Gasteiger partial charge in [-0.05, 0) is 50.6 Å². The number of sulfonamides is 1. The minimum absolute atomic E-state index is 0.0947. The second kappa shape index (κ2) is 6.71. The van der Waals surface area contributed by atoms with E-state index in [-0.39, 0.29) is 6.04 Å². The molecule has 27 heavy (non-hydrogen) atoms. The summed E-state index contributed by atoms with van der Waals surface area (Å²) < 4.78 is 42.2. The Hall–Kier alpha value is -2.85. The molecule has 0 aliphatic rings. The fourth-order valence-electron chi connectivity index (χ4n) is 3.18. The molecule has 140 valence electrons. The maximum atomic E-state index is 14.7. The van der Waals surface area contributed by atoms with Crippen molar-refractivity contribution in [2.75, 3.05) is 11.0 Å². The van der Waals surface area contributed by atoms with Crippen molar-refractivity contribution in [1.82, 2.24) is 4.57 Å². The van der Waals surface area contributed by atoms with Gasteiger partial charge in [-0.2, -0.15) is 5.26 Å².